The zero-order valence-electron chi connectivity index (χ0n) is 45.6. The average Bonchev–Trinajstić information content (AvgIpc) is 3.37. The van der Waals surface area contributed by atoms with Crippen molar-refractivity contribution in [3.05, 3.63) is 59.2 Å². The molecule has 0 aromatic heterocycles. The lowest BCUT2D eigenvalue weighted by Gasteiger charge is -2.33. The highest BCUT2D eigenvalue weighted by molar-refractivity contribution is 5.96. The quantitative estimate of drug-likeness (QED) is 0.0577. The Morgan fingerprint density at radius 1 is 0.851 bits per heavy atom. The van der Waals surface area contributed by atoms with Gasteiger partial charge in [0.1, 0.15) is 36.4 Å². The Labute approximate surface area is 437 Å². The number of nitrogens with zero attached hydrogens (tertiary/aromatic N) is 2. The van der Waals surface area contributed by atoms with Crippen molar-refractivity contribution in [1.29, 1.82) is 0 Å². The van der Waals surface area contributed by atoms with Crippen LogP contribution in [0.15, 0.2) is 53.6 Å². The summed E-state index contributed by atoms with van der Waals surface area (Å²) in [6, 6.07) is 4.25. The molecule has 0 saturated carbocycles. The highest BCUT2D eigenvalue weighted by Crippen LogP contribution is 2.26. The highest BCUT2D eigenvalue weighted by atomic mass is 16.6. The van der Waals surface area contributed by atoms with Crippen molar-refractivity contribution in [2.45, 2.75) is 137 Å². The molecule has 1 heterocycles. The molecule has 21 nitrogen and oxygen atoms in total. The lowest BCUT2D eigenvalue weighted by atomic mass is 9.90. The summed E-state index contributed by atoms with van der Waals surface area (Å²) in [5.41, 5.74) is 1.36. The first-order valence-corrected chi connectivity index (χ1v) is 25.5. The van der Waals surface area contributed by atoms with E-state index in [4.69, 9.17) is 33.5 Å². The predicted molar refractivity (Wildman–Crippen MR) is 275 cm³/mol. The largest absolute Gasteiger partial charge is 0.456 e. The van der Waals surface area contributed by atoms with Crippen LogP contribution in [0.4, 0.5) is 4.79 Å². The minimum Gasteiger partial charge on any atom is -0.456 e. The van der Waals surface area contributed by atoms with E-state index >= 15 is 0 Å². The fourth-order valence-corrected chi connectivity index (χ4v) is 7.70. The van der Waals surface area contributed by atoms with E-state index < -0.39 is 108 Å². The molecular weight excluding hydrogens is 961 g/mol. The monoisotopic (exact) mass is 1040 g/mol. The number of rotatable bonds is 19. The molecule has 0 radical (unpaired) electrons. The number of carbonyl (C=O) groups excluding carboxylic acids is 8. The number of ether oxygens (including phenoxy) is 6. The predicted octanol–water partition coefficient (Wildman–Crippen LogP) is 3.01. The summed E-state index contributed by atoms with van der Waals surface area (Å²) in [5, 5.41) is 19.5. The van der Waals surface area contributed by atoms with E-state index in [-0.39, 0.29) is 70.3 Å². The molecule has 0 spiro atoms. The number of carbonyl (C=O) groups is 8. The number of alkyl carbamates (subject to hydrolysis) is 1. The second-order valence-corrected chi connectivity index (χ2v) is 19.1. The normalized spacial score (nSPS) is 25.2. The fraction of sp³-hybridized carbons (Fsp3) is 0.660. The number of likely N-dealkylation sites (N-methyl/N-ethyl adjacent to an activating group) is 2. The van der Waals surface area contributed by atoms with Crippen molar-refractivity contribution in [3.63, 3.8) is 0 Å². The smallest absolute Gasteiger partial charge is 0.407 e. The molecule has 74 heavy (non-hydrogen) atoms. The number of cyclic esters (lactones) is 2. The van der Waals surface area contributed by atoms with Gasteiger partial charge < -0.3 is 64.6 Å². The number of nitrogens with one attached hydrogen (secondary N) is 4. The van der Waals surface area contributed by atoms with Gasteiger partial charge in [0.25, 0.3) is 5.91 Å². The minimum atomic E-state index is -1.34. The van der Waals surface area contributed by atoms with E-state index in [9.17, 15) is 38.4 Å². The van der Waals surface area contributed by atoms with Crippen LogP contribution < -0.4 is 21.3 Å². The first-order valence-electron chi connectivity index (χ1n) is 25.5. The van der Waals surface area contributed by atoms with E-state index in [1.165, 1.54) is 45.8 Å². The molecule has 1 aromatic rings. The van der Waals surface area contributed by atoms with Crippen LogP contribution in [-0.2, 0) is 68.4 Å². The SMILES string of the molecule is C/C=C(\C)[C@H]1OC(=O)[C@@H](C)NC(=O)C(C(C)CC)NC(=O)CN(C)C(=O)[C@@H](Cc2ccccc2)N(C)C(=O)[C@H](C)NC(=O)[C@@H](CC(C)C)OC(=O)/C(C)=C/C[C@H](OC(=O)NCCOCCOCCOCCO)[C@@H]1C. The Bertz CT molecular complexity index is 2030. The van der Waals surface area contributed by atoms with E-state index in [1.54, 1.807) is 64.1 Å². The van der Waals surface area contributed by atoms with Gasteiger partial charge in [-0.3, -0.25) is 24.0 Å². The zero-order chi connectivity index (χ0) is 55.5. The number of allylic oxidation sites excluding steroid dienone is 1. The molecule has 2 unspecified atom stereocenters. The second kappa shape index (κ2) is 33.8. The molecule has 1 aliphatic rings. The van der Waals surface area contributed by atoms with Crippen molar-refractivity contribution in [1.82, 2.24) is 31.1 Å². The van der Waals surface area contributed by atoms with Crippen molar-refractivity contribution in [3.8, 4) is 0 Å². The molecule has 1 aliphatic heterocycles. The molecule has 2 rings (SSSR count). The van der Waals surface area contributed by atoms with Crippen molar-refractivity contribution >= 4 is 47.6 Å². The summed E-state index contributed by atoms with van der Waals surface area (Å²) >= 11 is 0. The van der Waals surface area contributed by atoms with Crippen molar-refractivity contribution < 1.29 is 71.9 Å². The molecular formula is C53H84N6O15. The minimum absolute atomic E-state index is 0.0557. The lowest BCUT2D eigenvalue weighted by molar-refractivity contribution is -0.155. The van der Waals surface area contributed by atoms with Crippen LogP contribution in [0.2, 0.25) is 0 Å². The number of hydrogen-bond acceptors (Lipinski definition) is 15. The van der Waals surface area contributed by atoms with Crippen LogP contribution in [0.5, 0.6) is 0 Å². The van der Waals surface area contributed by atoms with Gasteiger partial charge in [-0.25, -0.2) is 14.4 Å². The van der Waals surface area contributed by atoms with Gasteiger partial charge in [0.2, 0.25) is 23.6 Å². The summed E-state index contributed by atoms with van der Waals surface area (Å²) in [4.78, 5) is 113. The lowest BCUT2D eigenvalue weighted by Crippen LogP contribution is -2.57. The summed E-state index contributed by atoms with van der Waals surface area (Å²) in [6.07, 6.45) is -0.505. The molecule has 0 fully saturated rings. The van der Waals surface area contributed by atoms with Gasteiger partial charge in [0.05, 0.1) is 52.8 Å². The number of esters is 2. The Morgan fingerprint density at radius 2 is 1.46 bits per heavy atom. The molecule has 6 amide bonds. The molecule has 1 aromatic carbocycles. The Hall–Kier alpha value is -5.90. The third-order valence-electron chi connectivity index (χ3n) is 12.6. The van der Waals surface area contributed by atoms with E-state index in [1.807, 2.05) is 20.8 Å². The first-order chi connectivity index (χ1) is 35.1. The molecule has 0 saturated heterocycles. The number of aliphatic hydroxyl groups excluding tert-OH is 1. The molecule has 0 bridgehead atoms. The highest BCUT2D eigenvalue weighted by Gasteiger charge is 2.37. The van der Waals surface area contributed by atoms with E-state index in [2.05, 4.69) is 21.3 Å². The average molecular weight is 1050 g/mol. The third kappa shape index (κ3) is 22.3. The summed E-state index contributed by atoms with van der Waals surface area (Å²) in [7, 11) is 2.82. The number of aliphatic hydroxyl groups is 1. The standard InChI is InChI=1S/C53H84N6O15/c1-13-34(5)45-48(63)56-39(10)52(67)74-46(35(6)14-2)37(8)42(73-53(68)54-22-24-69-26-28-71-29-27-70-25-23-60)21-20-36(7)51(66)72-43(30-33(3)4)47(62)55-38(9)49(64)59(12)41(31-40-18-16-15-17-19-40)50(65)58(11)32-44(61)57-45/h14-20,33-34,37-39,41-43,45-46,60H,13,21-32H2,1-12H3,(H,54,68)(H,55,62)(H,56,63)(H,57,61)/b35-14+,36-20+/t34?,37-,38-,39+,41+,42-,43+,45?,46+/m0/s1. The Balaban J connectivity index is 2.59. The van der Waals surface area contributed by atoms with Crippen LogP contribution in [0.3, 0.4) is 0 Å². The van der Waals surface area contributed by atoms with Crippen molar-refractivity contribution in [2.24, 2.45) is 17.8 Å². The van der Waals surface area contributed by atoms with Crippen LogP contribution in [0, 0.1) is 17.8 Å². The van der Waals surface area contributed by atoms with Gasteiger partial charge in [-0.2, -0.15) is 0 Å². The van der Waals surface area contributed by atoms with Crippen LogP contribution in [-0.4, -0.2) is 178 Å². The van der Waals surface area contributed by atoms with Crippen molar-refractivity contribution in [2.75, 3.05) is 73.4 Å². The van der Waals surface area contributed by atoms with Gasteiger partial charge >= 0.3 is 18.0 Å². The maximum Gasteiger partial charge on any atom is 0.407 e. The molecule has 9 atom stereocenters. The molecule has 5 N–H and O–H groups in total. The fourth-order valence-electron chi connectivity index (χ4n) is 7.70. The molecule has 21 heteroatoms. The van der Waals surface area contributed by atoms with Gasteiger partial charge in [-0.05, 0) is 64.0 Å². The molecule has 416 valence electrons. The van der Waals surface area contributed by atoms with E-state index in [0.29, 0.717) is 30.8 Å². The van der Waals surface area contributed by atoms with Crippen LogP contribution in [0.1, 0.15) is 94.1 Å². The van der Waals surface area contributed by atoms with Gasteiger partial charge in [-0.1, -0.05) is 83.5 Å². The summed E-state index contributed by atoms with van der Waals surface area (Å²) < 4.78 is 33.9. The summed E-state index contributed by atoms with van der Waals surface area (Å²) in [5.74, 6) is -6.35. The van der Waals surface area contributed by atoms with Gasteiger partial charge in [0.15, 0.2) is 6.10 Å². The number of amides is 6. The summed E-state index contributed by atoms with van der Waals surface area (Å²) in [6.45, 7) is 17.8. The zero-order valence-corrected chi connectivity index (χ0v) is 45.6. The maximum atomic E-state index is 14.3. The third-order valence-corrected chi connectivity index (χ3v) is 12.6. The second-order valence-electron chi connectivity index (χ2n) is 19.1. The topological polar surface area (TPSA) is 267 Å². The van der Waals surface area contributed by atoms with E-state index in [0.717, 1.165) is 4.90 Å². The Morgan fingerprint density at radius 3 is 2.05 bits per heavy atom. The van der Waals surface area contributed by atoms with Crippen LogP contribution >= 0.6 is 0 Å². The first kappa shape index (κ1) is 64.2. The van der Waals surface area contributed by atoms with Gasteiger partial charge in [0, 0.05) is 45.0 Å². The number of hydrogen-bond donors (Lipinski definition) is 5. The molecule has 0 aliphatic carbocycles. The van der Waals surface area contributed by atoms with Gasteiger partial charge in [-0.15, -0.1) is 0 Å². The number of benzene rings is 1. The Kier molecular flexibility index (Phi) is 29.4. The maximum absolute atomic E-state index is 14.3. The van der Waals surface area contributed by atoms with Crippen LogP contribution in [0.25, 0.3) is 0 Å².